The normalized spacial score (nSPS) is 15.8. The molecule has 1 heterocycles. The molecule has 0 spiro atoms. The van der Waals surface area contributed by atoms with Crippen LogP contribution in [-0.4, -0.2) is 61.1 Å². The Kier molecular flexibility index (Phi) is 6.30. The summed E-state index contributed by atoms with van der Waals surface area (Å²) in [5.41, 5.74) is -0.472. The van der Waals surface area contributed by atoms with Crippen LogP contribution in [0.3, 0.4) is 0 Å². The highest BCUT2D eigenvalue weighted by atomic mass is 32.1. The Bertz CT molecular complexity index is 312. The van der Waals surface area contributed by atoms with E-state index in [0.29, 0.717) is 31.4 Å². The molecule has 110 valence electrons. The van der Waals surface area contributed by atoms with E-state index in [1.165, 1.54) is 0 Å². The second-order valence-electron chi connectivity index (χ2n) is 5.26. The van der Waals surface area contributed by atoms with Crippen molar-refractivity contribution in [2.45, 2.75) is 26.4 Å². The first-order chi connectivity index (χ1) is 8.88. The minimum Gasteiger partial charge on any atom is -0.444 e. The van der Waals surface area contributed by atoms with Gasteiger partial charge in [0.1, 0.15) is 5.60 Å². The first-order valence-electron chi connectivity index (χ1n) is 6.46. The molecule has 6 nitrogen and oxygen atoms in total. The zero-order valence-electron chi connectivity index (χ0n) is 11.8. The molecule has 0 unspecified atom stereocenters. The van der Waals surface area contributed by atoms with Crippen LogP contribution in [0.2, 0.25) is 0 Å². The number of carbonyl (C=O) groups is 1. The standard InChI is InChI=1S/C12H23N3O3S/c1-12(2,3)18-11(16)14-5-4-13-10(19)15-6-8-17-9-7-15/h4-9H2,1-3H3,(H,13,19)(H,14,16). The predicted octanol–water partition coefficient (Wildman–Crippen LogP) is 0.718. The quantitative estimate of drug-likeness (QED) is 0.589. The molecule has 0 atom stereocenters. The fourth-order valence-electron chi connectivity index (χ4n) is 1.53. The van der Waals surface area contributed by atoms with Gasteiger partial charge in [0.25, 0.3) is 0 Å². The number of nitrogens with zero attached hydrogens (tertiary/aromatic N) is 1. The lowest BCUT2D eigenvalue weighted by molar-refractivity contribution is 0.0528. The summed E-state index contributed by atoms with van der Waals surface area (Å²) in [4.78, 5) is 13.4. The van der Waals surface area contributed by atoms with Crippen molar-refractivity contribution in [1.29, 1.82) is 0 Å². The van der Waals surface area contributed by atoms with Gasteiger partial charge in [-0.05, 0) is 33.0 Å². The zero-order valence-corrected chi connectivity index (χ0v) is 12.6. The third-order valence-electron chi connectivity index (χ3n) is 2.37. The van der Waals surface area contributed by atoms with Gasteiger partial charge in [0.15, 0.2) is 5.11 Å². The molecule has 19 heavy (non-hydrogen) atoms. The number of hydrogen-bond acceptors (Lipinski definition) is 4. The van der Waals surface area contributed by atoms with E-state index >= 15 is 0 Å². The lowest BCUT2D eigenvalue weighted by atomic mass is 10.2. The third kappa shape index (κ3) is 7.17. The highest BCUT2D eigenvalue weighted by Gasteiger charge is 2.16. The summed E-state index contributed by atoms with van der Waals surface area (Å²) in [6.07, 6.45) is -0.411. The molecule has 0 aromatic carbocycles. The average molecular weight is 289 g/mol. The van der Waals surface area contributed by atoms with E-state index in [2.05, 4.69) is 15.5 Å². The molecule has 7 heteroatoms. The monoisotopic (exact) mass is 289 g/mol. The molecule has 1 aliphatic heterocycles. The van der Waals surface area contributed by atoms with Crippen LogP contribution in [0.25, 0.3) is 0 Å². The molecule has 1 saturated heterocycles. The van der Waals surface area contributed by atoms with Crippen molar-refractivity contribution >= 4 is 23.4 Å². The van der Waals surface area contributed by atoms with Gasteiger partial charge in [-0.3, -0.25) is 0 Å². The van der Waals surface area contributed by atoms with Crippen LogP contribution in [0, 0.1) is 0 Å². The Hall–Kier alpha value is -1.08. The van der Waals surface area contributed by atoms with Gasteiger partial charge in [0.2, 0.25) is 0 Å². The molecule has 0 saturated carbocycles. The molecule has 1 fully saturated rings. The molecule has 0 radical (unpaired) electrons. The van der Waals surface area contributed by atoms with Crippen LogP contribution in [0.15, 0.2) is 0 Å². The second-order valence-corrected chi connectivity index (χ2v) is 5.65. The topological polar surface area (TPSA) is 62.8 Å². The summed E-state index contributed by atoms with van der Waals surface area (Å²) in [6, 6.07) is 0. The van der Waals surface area contributed by atoms with Gasteiger partial charge in [-0.1, -0.05) is 0 Å². The predicted molar refractivity (Wildman–Crippen MR) is 77.2 cm³/mol. The summed E-state index contributed by atoms with van der Waals surface area (Å²) >= 11 is 5.26. The van der Waals surface area contributed by atoms with Gasteiger partial charge in [-0.2, -0.15) is 0 Å². The fourth-order valence-corrected chi connectivity index (χ4v) is 1.81. The van der Waals surface area contributed by atoms with E-state index in [-0.39, 0.29) is 0 Å². The minimum absolute atomic E-state index is 0.411. The van der Waals surface area contributed by atoms with Crippen LogP contribution in [0.4, 0.5) is 4.79 Å². The number of hydrogen-bond donors (Lipinski definition) is 2. The lowest BCUT2D eigenvalue weighted by Crippen LogP contribution is -2.47. The van der Waals surface area contributed by atoms with Gasteiger partial charge in [-0.25, -0.2) is 4.79 Å². The van der Waals surface area contributed by atoms with E-state index in [9.17, 15) is 4.79 Å². The zero-order chi connectivity index (χ0) is 14.3. The third-order valence-corrected chi connectivity index (χ3v) is 2.77. The Labute approximate surface area is 119 Å². The SMILES string of the molecule is CC(C)(C)OC(=O)NCCNC(=S)N1CCOCC1. The van der Waals surface area contributed by atoms with Crippen molar-refractivity contribution in [2.24, 2.45) is 0 Å². The Morgan fingerprint density at radius 3 is 2.42 bits per heavy atom. The maximum atomic E-state index is 11.4. The number of carbonyl (C=O) groups excluding carboxylic acids is 1. The smallest absolute Gasteiger partial charge is 0.407 e. The minimum atomic E-state index is -0.472. The number of rotatable bonds is 3. The maximum absolute atomic E-state index is 11.4. The van der Waals surface area contributed by atoms with Crippen LogP contribution in [0.5, 0.6) is 0 Å². The number of morpholine rings is 1. The van der Waals surface area contributed by atoms with E-state index < -0.39 is 11.7 Å². The van der Waals surface area contributed by atoms with E-state index in [0.717, 1.165) is 13.1 Å². The summed E-state index contributed by atoms with van der Waals surface area (Å²) < 4.78 is 10.4. The largest absolute Gasteiger partial charge is 0.444 e. The van der Waals surface area contributed by atoms with Crippen molar-refractivity contribution in [2.75, 3.05) is 39.4 Å². The van der Waals surface area contributed by atoms with Crippen LogP contribution in [-0.2, 0) is 9.47 Å². The van der Waals surface area contributed by atoms with Crippen LogP contribution < -0.4 is 10.6 Å². The summed E-state index contributed by atoms with van der Waals surface area (Å²) in [6.45, 7) is 9.58. The number of thiocarbonyl (C=S) groups is 1. The van der Waals surface area contributed by atoms with Crippen LogP contribution >= 0.6 is 12.2 Å². The molecule has 1 rings (SSSR count). The molecular formula is C12H23N3O3S. The van der Waals surface area contributed by atoms with Crippen molar-refractivity contribution in [3.8, 4) is 0 Å². The van der Waals surface area contributed by atoms with E-state index in [1.54, 1.807) is 0 Å². The maximum Gasteiger partial charge on any atom is 0.407 e. The Morgan fingerprint density at radius 1 is 1.26 bits per heavy atom. The Morgan fingerprint density at radius 2 is 1.84 bits per heavy atom. The first-order valence-corrected chi connectivity index (χ1v) is 6.87. The van der Waals surface area contributed by atoms with Gasteiger partial charge in [0, 0.05) is 26.2 Å². The molecular weight excluding hydrogens is 266 g/mol. The first kappa shape index (κ1) is 16.0. The molecule has 1 aliphatic rings. The highest BCUT2D eigenvalue weighted by molar-refractivity contribution is 7.80. The van der Waals surface area contributed by atoms with Crippen molar-refractivity contribution in [3.63, 3.8) is 0 Å². The summed E-state index contributed by atoms with van der Waals surface area (Å²) in [7, 11) is 0. The molecule has 0 aliphatic carbocycles. The van der Waals surface area contributed by atoms with Gasteiger partial charge in [0.05, 0.1) is 13.2 Å². The van der Waals surface area contributed by atoms with Crippen molar-refractivity contribution < 1.29 is 14.3 Å². The van der Waals surface area contributed by atoms with Crippen molar-refractivity contribution in [1.82, 2.24) is 15.5 Å². The van der Waals surface area contributed by atoms with Gasteiger partial charge < -0.3 is 25.0 Å². The number of nitrogens with one attached hydrogen (secondary N) is 2. The molecule has 2 N–H and O–H groups in total. The van der Waals surface area contributed by atoms with E-state index in [1.807, 2.05) is 20.8 Å². The highest BCUT2D eigenvalue weighted by Crippen LogP contribution is 2.06. The second kappa shape index (κ2) is 7.49. The molecule has 0 aromatic rings. The number of alkyl carbamates (subject to hydrolysis) is 1. The number of ether oxygens (including phenoxy) is 2. The lowest BCUT2D eigenvalue weighted by Gasteiger charge is -2.29. The van der Waals surface area contributed by atoms with Crippen molar-refractivity contribution in [3.05, 3.63) is 0 Å². The molecule has 0 aromatic heterocycles. The molecule has 0 bridgehead atoms. The van der Waals surface area contributed by atoms with E-state index in [4.69, 9.17) is 21.7 Å². The Balaban J connectivity index is 2.10. The number of amides is 1. The summed E-state index contributed by atoms with van der Waals surface area (Å²) in [5.74, 6) is 0. The fraction of sp³-hybridized carbons (Fsp3) is 0.833. The van der Waals surface area contributed by atoms with Gasteiger partial charge >= 0.3 is 6.09 Å². The average Bonchev–Trinajstić information content (AvgIpc) is 2.33. The van der Waals surface area contributed by atoms with Crippen LogP contribution in [0.1, 0.15) is 20.8 Å². The summed E-state index contributed by atoms with van der Waals surface area (Å²) in [5, 5.41) is 6.48. The van der Waals surface area contributed by atoms with Gasteiger partial charge in [-0.15, -0.1) is 0 Å². The molecule has 1 amide bonds.